The van der Waals surface area contributed by atoms with Crippen molar-refractivity contribution in [3.8, 4) is 16.9 Å². The van der Waals surface area contributed by atoms with Crippen molar-refractivity contribution in [2.45, 2.75) is 32.8 Å². The summed E-state index contributed by atoms with van der Waals surface area (Å²) in [7, 11) is 0. The molecule has 2 aromatic heterocycles. The Morgan fingerprint density at radius 2 is 1.74 bits per heavy atom. The first-order chi connectivity index (χ1) is 16.4. The molecule has 0 spiro atoms. The van der Waals surface area contributed by atoms with Gasteiger partial charge in [0.05, 0.1) is 16.9 Å². The van der Waals surface area contributed by atoms with E-state index in [4.69, 9.17) is 14.8 Å². The molecule has 1 aliphatic heterocycles. The van der Waals surface area contributed by atoms with Crippen LogP contribution >= 0.6 is 0 Å². The van der Waals surface area contributed by atoms with E-state index in [0.29, 0.717) is 24.7 Å². The molecule has 0 atom stereocenters. The third-order valence-corrected chi connectivity index (χ3v) is 5.34. The number of fused-ring (bicyclic) bond motifs is 3. The minimum atomic E-state index is -0.620. The average Bonchev–Trinajstić information content (AvgIpc) is 3.19. The molecule has 0 unspecified atom stereocenters. The van der Waals surface area contributed by atoms with E-state index in [1.807, 2.05) is 93.8 Å². The van der Waals surface area contributed by atoms with Crippen molar-refractivity contribution in [2.75, 3.05) is 16.8 Å². The van der Waals surface area contributed by atoms with Crippen molar-refractivity contribution in [1.82, 2.24) is 19.7 Å². The zero-order chi connectivity index (χ0) is 23.7. The van der Waals surface area contributed by atoms with E-state index in [2.05, 4.69) is 10.3 Å². The van der Waals surface area contributed by atoms with Crippen LogP contribution in [0.25, 0.3) is 16.9 Å². The lowest BCUT2D eigenvalue weighted by Gasteiger charge is -2.25. The Kier molecular flexibility index (Phi) is 5.49. The number of amides is 1. The van der Waals surface area contributed by atoms with E-state index in [9.17, 15) is 4.79 Å². The second kappa shape index (κ2) is 8.62. The van der Waals surface area contributed by atoms with Crippen LogP contribution in [0.3, 0.4) is 0 Å². The van der Waals surface area contributed by atoms with E-state index in [1.54, 1.807) is 9.58 Å². The van der Waals surface area contributed by atoms with E-state index in [0.717, 1.165) is 28.2 Å². The number of ether oxygens (including phenoxy) is 1. The van der Waals surface area contributed by atoms with Crippen LogP contribution in [0.2, 0.25) is 0 Å². The summed E-state index contributed by atoms with van der Waals surface area (Å²) in [5.74, 6) is 0.996. The minimum absolute atomic E-state index is 0.412. The molecule has 0 aliphatic carbocycles. The SMILES string of the molecule is CC(C)(C)OC(=O)N1CCc2cnc(Nc3ccccc3)nc2-c2cn(-c3ccccc3)nc21. The number of nitrogens with zero attached hydrogens (tertiary/aromatic N) is 5. The van der Waals surface area contributed by atoms with E-state index < -0.39 is 11.7 Å². The van der Waals surface area contributed by atoms with Crippen molar-refractivity contribution in [2.24, 2.45) is 0 Å². The Labute approximate surface area is 198 Å². The van der Waals surface area contributed by atoms with Crippen molar-refractivity contribution in [3.05, 3.63) is 78.6 Å². The summed E-state index contributed by atoms with van der Waals surface area (Å²) in [6.07, 6.45) is 3.87. The Balaban J connectivity index is 1.60. The van der Waals surface area contributed by atoms with Gasteiger partial charge in [-0.3, -0.25) is 4.90 Å². The highest BCUT2D eigenvalue weighted by molar-refractivity contribution is 5.93. The summed E-state index contributed by atoms with van der Waals surface area (Å²) in [5.41, 5.74) is 3.60. The van der Waals surface area contributed by atoms with Gasteiger partial charge in [0.25, 0.3) is 0 Å². The van der Waals surface area contributed by atoms with Crippen molar-refractivity contribution < 1.29 is 9.53 Å². The van der Waals surface area contributed by atoms with Gasteiger partial charge >= 0.3 is 6.09 Å². The van der Waals surface area contributed by atoms with Crippen LogP contribution in [-0.4, -0.2) is 38.0 Å². The van der Waals surface area contributed by atoms with Gasteiger partial charge < -0.3 is 10.1 Å². The first kappa shape index (κ1) is 21.6. The quantitative estimate of drug-likeness (QED) is 0.448. The fraction of sp³-hybridized carbons (Fsp3) is 0.231. The summed E-state index contributed by atoms with van der Waals surface area (Å²) >= 11 is 0. The molecule has 0 saturated heterocycles. The van der Waals surface area contributed by atoms with Crippen LogP contribution in [-0.2, 0) is 11.2 Å². The fourth-order valence-corrected chi connectivity index (χ4v) is 3.81. The Morgan fingerprint density at radius 1 is 1.03 bits per heavy atom. The summed E-state index contributed by atoms with van der Waals surface area (Å²) in [6.45, 7) is 5.98. The maximum absolute atomic E-state index is 13.1. The van der Waals surface area contributed by atoms with Gasteiger partial charge in [0, 0.05) is 24.6 Å². The predicted octanol–water partition coefficient (Wildman–Crippen LogP) is 5.37. The Morgan fingerprint density at radius 3 is 2.44 bits per heavy atom. The van der Waals surface area contributed by atoms with Gasteiger partial charge in [-0.15, -0.1) is 5.10 Å². The summed E-state index contributed by atoms with van der Waals surface area (Å²) in [6, 6.07) is 19.6. The lowest BCUT2D eigenvalue weighted by atomic mass is 10.1. The van der Waals surface area contributed by atoms with Crippen molar-refractivity contribution in [1.29, 1.82) is 0 Å². The smallest absolute Gasteiger partial charge is 0.416 e. The maximum Gasteiger partial charge on any atom is 0.416 e. The Hall–Kier alpha value is -4.20. The number of carbonyl (C=O) groups is 1. The minimum Gasteiger partial charge on any atom is -0.443 e. The molecule has 1 N–H and O–H groups in total. The molecule has 0 saturated carbocycles. The molecule has 4 aromatic rings. The normalized spacial score (nSPS) is 13.0. The first-order valence-corrected chi connectivity index (χ1v) is 11.2. The number of carbonyl (C=O) groups excluding carboxylic acids is 1. The van der Waals surface area contributed by atoms with Crippen molar-refractivity contribution in [3.63, 3.8) is 0 Å². The highest BCUT2D eigenvalue weighted by Gasteiger charge is 2.32. The highest BCUT2D eigenvalue weighted by atomic mass is 16.6. The first-order valence-electron chi connectivity index (χ1n) is 11.2. The second-order valence-electron chi connectivity index (χ2n) is 9.09. The topological polar surface area (TPSA) is 85.2 Å². The van der Waals surface area contributed by atoms with Gasteiger partial charge in [-0.05, 0) is 57.0 Å². The monoisotopic (exact) mass is 454 g/mol. The van der Waals surface area contributed by atoms with E-state index >= 15 is 0 Å². The molecule has 0 bridgehead atoms. The van der Waals surface area contributed by atoms with Crippen LogP contribution < -0.4 is 10.2 Å². The molecule has 0 fully saturated rings. The Bertz CT molecular complexity index is 1310. The third kappa shape index (κ3) is 4.47. The molecule has 1 aliphatic rings. The second-order valence-corrected chi connectivity index (χ2v) is 9.09. The molecule has 0 radical (unpaired) electrons. The molecule has 5 rings (SSSR count). The maximum atomic E-state index is 13.1. The molecule has 8 heteroatoms. The summed E-state index contributed by atoms with van der Waals surface area (Å²) < 4.78 is 7.46. The number of nitrogens with one attached hydrogen (secondary N) is 1. The van der Waals surface area contributed by atoms with Crippen LogP contribution in [0.5, 0.6) is 0 Å². The fourth-order valence-electron chi connectivity index (χ4n) is 3.81. The summed E-state index contributed by atoms with van der Waals surface area (Å²) in [5, 5.41) is 8.04. The molecule has 3 heterocycles. The van der Waals surface area contributed by atoms with Crippen LogP contribution in [0.1, 0.15) is 26.3 Å². The van der Waals surface area contributed by atoms with E-state index in [-0.39, 0.29) is 0 Å². The molecule has 1 amide bonds. The number of benzene rings is 2. The predicted molar refractivity (Wildman–Crippen MR) is 132 cm³/mol. The van der Waals surface area contributed by atoms with Gasteiger partial charge in [0.1, 0.15) is 5.60 Å². The number of rotatable bonds is 3. The zero-order valence-electron chi connectivity index (χ0n) is 19.4. The average molecular weight is 455 g/mol. The molecule has 34 heavy (non-hydrogen) atoms. The zero-order valence-corrected chi connectivity index (χ0v) is 19.4. The summed E-state index contributed by atoms with van der Waals surface area (Å²) in [4.78, 5) is 24.1. The number of aromatic nitrogens is 4. The standard InChI is InChI=1S/C26H26N6O2/c1-26(2,3)34-25(33)31-15-14-18-16-27-24(28-19-10-6-4-7-11-19)29-22(18)21-17-32(30-23(21)31)20-12-8-5-9-13-20/h4-13,16-17H,14-15H2,1-3H3,(H,27,28,29). The lowest BCUT2D eigenvalue weighted by Crippen LogP contribution is -2.38. The highest BCUT2D eigenvalue weighted by Crippen LogP contribution is 2.36. The van der Waals surface area contributed by atoms with Gasteiger partial charge in [-0.1, -0.05) is 36.4 Å². The number of hydrogen-bond acceptors (Lipinski definition) is 6. The van der Waals surface area contributed by atoms with Crippen molar-refractivity contribution >= 4 is 23.5 Å². The van der Waals surface area contributed by atoms with Gasteiger partial charge in [0.2, 0.25) is 5.95 Å². The molecule has 172 valence electrons. The molecular weight excluding hydrogens is 428 g/mol. The third-order valence-electron chi connectivity index (χ3n) is 5.34. The number of anilines is 3. The van der Waals surface area contributed by atoms with Gasteiger partial charge in [0.15, 0.2) is 5.82 Å². The van der Waals surface area contributed by atoms with Gasteiger partial charge in [-0.2, -0.15) is 0 Å². The largest absolute Gasteiger partial charge is 0.443 e. The van der Waals surface area contributed by atoms with Crippen LogP contribution in [0.4, 0.5) is 22.2 Å². The number of para-hydroxylation sites is 2. The van der Waals surface area contributed by atoms with Crippen LogP contribution in [0, 0.1) is 0 Å². The molecular formula is C26H26N6O2. The van der Waals surface area contributed by atoms with Gasteiger partial charge in [-0.25, -0.2) is 19.4 Å². The molecule has 2 aromatic carbocycles. The van der Waals surface area contributed by atoms with Crippen LogP contribution in [0.15, 0.2) is 73.1 Å². The lowest BCUT2D eigenvalue weighted by molar-refractivity contribution is 0.0580. The van der Waals surface area contributed by atoms with E-state index in [1.165, 1.54) is 0 Å². The number of hydrogen-bond donors (Lipinski definition) is 1. The molecule has 8 nitrogen and oxygen atoms in total.